The second-order valence-electron chi connectivity index (χ2n) is 5.60. The average molecular weight is 286 g/mol. The van der Waals surface area contributed by atoms with Crippen molar-refractivity contribution >= 4 is 17.3 Å². The van der Waals surface area contributed by atoms with Gasteiger partial charge in [-0.1, -0.05) is 25.4 Å². The van der Waals surface area contributed by atoms with E-state index in [0.29, 0.717) is 0 Å². The van der Waals surface area contributed by atoms with Gasteiger partial charge in [0.05, 0.1) is 0 Å². The number of nitrogens with two attached hydrogens (primary N) is 1. The molecule has 1 aliphatic carbocycles. The van der Waals surface area contributed by atoms with Gasteiger partial charge in [-0.2, -0.15) is 0 Å². The maximum Gasteiger partial charge on any atom is 0.0438 e. The Labute approximate surface area is 125 Å². The zero-order valence-corrected chi connectivity index (χ0v) is 13.1. The van der Waals surface area contributed by atoms with Gasteiger partial charge in [-0.25, -0.2) is 0 Å². The molecule has 20 heavy (non-hydrogen) atoms. The Morgan fingerprint density at radius 2 is 1.85 bits per heavy atom. The second kappa shape index (κ2) is 4.82. The van der Waals surface area contributed by atoms with Crippen molar-refractivity contribution in [2.24, 2.45) is 0 Å². The van der Waals surface area contributed by atoms with Crippen LogP contribution in [0.15, 0.2) is 18.2 Å². The monoisotopic (exact) mass is 285 g/mol. The summed E-state index contributed by atoms with van der Waals surface area (Å²) in [5.74, 6) is 0. The molecule has 0 saturated carbocycles. The number of hydrogen-bond acceptors (Lipinski definition) is 1. The Balaban J connectivity index is 2.30. The fourth-order valence-electron chi connectivity index (χ4n) is 3.31. The first-order valence-electron chi connectivity index (χ1n) is 7.29. The topological polar surface area (TPSA) is 26.0 Å². The zero-order chi connectivity index (χ0) is 14.4. The van der Waals surface area contributed by atoms with Crippen LogP contribution in [0.5, 0.6) is 0 Å². The van der Waals surface area contributed by atoms with E-state index in [4.69, 9.17) is 17.3 Å². The Kier molecular flexibility index (Phi) is 3.25. The fourth-order valence-corrected chi connectivity index (χ4v) is 3.49. The van der Waals surface area contributed by atoms with Crippen LogP contribution in [0.3, 0.4) is 0 Å². The minimum atomic E-state index is 0.860. The largest absolute Gasteiger partial charge is 0.398 e. The minimum Gasteiger partial charge on any atom is -0.398 e. The number of nitrogen functional groups attached to an aromatic ring is 1. The van der Waals surface area contributed by atoms with Crippen molar-refractivity contribution in [3.8, 4) is 11.1 Å². The first kappa shape index (κ1) is 13.5. The molecule has 0 bridgehead atoms. The third-order valence-electron chi connectivity index (χ3n) is 4.46. The second-order valence-corrected chi connectivity index (χ2v) is 6.00. The molecule has 0 aromatic heterocycles. The predicted molar refractivity (Wildman–Crippen MR) is 87.6 cm³/mol. The van der Waals surface area contributed by atoms with Crippen molar-refractivity contribution in [2.45, 2.75) is 40.0 Å². The quantitative estimate of drug-likeness (QED) is 0.664. The number of fused-ring (bicyclic) bond motifs is 3. The third-order valence-corrected chi connectivity index (χ3v) is 4.86. The van der Waals surface area contributed by atoms with Crippen LogP contribution in [0.2, 0.25) is 5.02 Å². The molecule has 1 nitrogen and oxygen atoms in total. The maximum atomic E-state index is 6.35. The third kappa shape index (κ3) is 1.84. The number of halogens is 1. The van der Waals surface area contributed by atoms with E-state index in [1.807, 2.05) is 0 Å². The molecule has 0 radical (unpaired) electrons. The van der Waals surface area contributed by atoms with Crippen molar-refractivity contribution in [1.29, 1.82) is 0 Å². The molecule has 2 aromatic rings. The lowest BCUT2D eigenvalue weighted by Gasteiger charge is -2.14. The molecule has 0 fully saturated rings. The average Bonchev–Trinajstić information content (AvgIpc) is 2.76. The van der Waals surface area contributed by atoms with Crippen LogP contribution in [-0.4, -0.2) is 0 Å². The van der Waals surface area contributed by atoms with Gasteiger partial charge in [0.15, 0.2) is 0 Å². The van der Waals surface area contributed by atoms with Gasteiger partial charge in [0.2, 0.25) is 0 Å². The highest BCUT2D eigenvalue weighted by atomic mass is 35.5. The molecule has 2 heteroatoms. The van der Waals surface area contributed by atoms with Crippen LogP contribution < -0.4 is 5.73 Å². The number of anilines is 1. The van der Waals surface area contributed by atoms with E-state index in [1.54, 1.807) is 0 Å². The first-order valence-corrected chi connectivity index (χ1v) is 7.67. The molecular formula is C18H20ClN. The van der Waals surface area contributed by atoms with Crippen LogP contribution in [-0.2, 0) is 19.3 Å². The van der Waals surface area contributed by atoms with Crippen LogP contribution >= 0.6 is 11.6 Å². The molecule has 1 aliphatic rings. The van der Waals surface area contributed by atoms with Crippen molar-refractivity contribution in [2.75, 3.05) is 5.73 Å². The van der Waals surface area contributed by atoms with Gasteiger partial charge in [0.25, 0.3) is 0 Å². The van der Waals surface area contributed by atoms with Crippen LogP contribution in [0.1, 0.15) is 41.7 Å². The lowest BCUT2D eigenvalue weighted by molar-refractivity contribution is 1.06. The van der Waals surface area contributed by atoms with Gasteiger partial charge >= 0.3 is 0 Å². The molecule has 104 valence electrons. The normalized spacial score (nSPS) is 12.4. The number of rotatable bonds is 2. The van der Waals surface area contributed by atoms with Crippen LogP contribution in [0, 0.1) is 6.92 Å². The Morgan fingerprint density at radius 1 is 1.10 bits per heavy atom. The van der Waals surface area contributed by atoms with Gasteiger partial charge in [0, 0.05) is 10.7 Å². The van der Waals surface area contributed by atoms with Gasteiger partial charge in [-0.15, -0.1) is 0 Å². The Hall–Kier alpha value is -1.47. The maximum absolute atomic E-state index is 6.35. The van der Waals surface area contributed by atoms with Crippen LogP contribution in [0.25, 0.3) is 11.1 Å². The first-order chi connectivity index (χ1) is 9.56. The Morgan fingerprint density at radius 3 is 2.50 bits per heavy atom. The summed E-state index contributed by atoms with van der Waals surface area (Å²) in [5, 5.41) is 0.860. The molecule has 3 rings (SSSR count). The molecule has 0 spiro atoms. The van der Waals surface area contributed by atoms with Crippen LogP contribution in [0.4, 0.5) is 5.69 Å². The summed E-state index contributed by atoms with van der Waals surface area (Å²) in [6.45, 7) is 6.42. The number of aryl methyl sites for hydroxylation is 2. The zero-order valence-electron chi connectivity index (χ0n) is 12.3. The predicted octanol–water partition coefficient (Wildman–Crippen LogP) is 4.93. The standard InChI is InChI=1S/C18H20ClN/c1-4-11-7-16-14-6-10(3)17(19)9-12(14)8-15(16)13(5-2)18(11)20/h6-7,9H,4-5,8,20H2,1-3H3. The van der Waals surface area contributed by atoms with Gasteiger partial charge in [-0.3, -0.25) is 0 Å². The van der Waals surface area contributed by atoms with Crippen molar-refractivity contribution in [3.05, 3.63) is 51.0 Å². The summed E-state index contributed by atoms with van der Waals surface area (Å²) in [6, 6.07) is 6.62. The molecule has 2 aromatic carbocycles. The molecule has 0 aliphatic heterocycles. The lowest BCUT2D eigenvalue weighted by atomic mass is 9.93. The summed E-state index contributed by atoms with van der Waals surface area (Å²) in [4.78, 5) is 0. The highest BCUT2D eigenvalue weighted by molar-refractivity contribution is 6.31. The molecular weight excluding hydrogens is 266 g/mol. The highest BCUT2D eigenvalue weighted by Crippen LogP contribution is 2.43. The van der Waals surface area contributed by atoms with E-state index in [9.17, 15) is 0 Å². The lowest BCUT2D eigenvalue weighted by Crippen LogP contribution is -2.03. The molecule has 2 N–H and O–H groups in total. The molecule has 0 unspecified atom stereocenters. The van der Waals surface area contributed by atoms with E-state index < -0.39 is 0 Å². The smallest absolute Gasteiger partial charge is 0.0438 e. The van der Waals surface area contributed by atoms with Gasteiger partial charge in [-0.05, 0) is 83.3 Å². The van der Waals surface area contributed by atoms with E-state index in [0.717, 1.165) is 35.5 Å². The summed E-state index contributed by atoms with van der Waals surface area (Å²) >= 11 is 6.27. The minimum absolute atomic E-state index is 0.860. The van der Waals surface area contributed by atoms with E-state index in [1.165, 1.54) is 33.4 Å². The van der Waals surface area contributed by atoms with Crippen molar-refractivity contribution in [1.82, 2.24) is 0 Å². The molecule has 0 heterocycles. The summed E-state index contributed by atoms with van der Waals surface area (Å²) in [6.07, 6.45) is 2.93. The summed E-state index contributed by atoms with van der Waals surface area (Å²) in [7, 11) is 0. The molecule has 0 saturated heterocycles. The molecule has 0 amide bonds. The Bertz CT molecular complexity index is 701. The summed E-state index contributed by atoms with van der Waals surface area (Å²) in [5.41, 5.74) is 16.5. The van der Waals surface area contributed by atoms with E-state index in [2.05, 4.69) is 39.0 Å². The summed E-state index contributed by atoms with van der Waals surface area (Å²) < 4.78 is 0. The highest BCUT2D eigenvalue weighted by Gasteiger charge is 2.24. The van der Waals surface area contributed by atoms with E-state index >= 15 is 0 Å². The van der Waals surface area contributed by atoms with Crippen molar-refractivity contribution < 1.29 is 0 Å². The number of benzene rings is 2. The SMILES string of the molecule is CCc1cc2c(c(CC)c1N)Cc1cc(Cl)c(C)cc1-2. The molecule has 0 atom stereocenters. The number of hydrogen-bond donors (Lipinski definition) is 1. The van der Waals surface area contributed by atoms with E-state index in [-0.39, 0.29) is 0 Å². The van der Waals surface area contributed by atoms with Gasteiger partial charge in [0.1, 0.15) is 0 Å². The van der Waals surface area contributed by atoms with Crippen molar-refractivity contribution in [3.63, 3.8) is 0 Å². The van der Waals surface area contributed by atoms with Gasteiger partial charge < -0.3 is 5.73 Å². The fraction of sp³-hybridized carbons (Fsp3) is 0.333.